The quantitative estimate of drug-likeness (QED) is 0.867. The lowest BCUT2D eigenvalue weighted by Gasteiger charge is -2.17. The molecule has 2 amide bonds. The second kappa shape index (κ2) is 7.01. The van der Waals surface area contributed by atoms with Crippen molar-refractivity contribution in [2.45, 2.75) is 19.9 Å². The topological polar surface area (TPSA) is 49.4 Å². The van der Waals surface area contributed by atoms with Gasteiger partial charge in [-0.3, -0.25) is 9.59 Å². The molecule has 1 unspecified atom stereocenters. The number of nitrogens with zero attached hydrogens (tertiary/aromatic N) is 1. The number of rotatable bonds is 4. The molecular weight excluding hydrogens is 326 g/mol. The number of amides is 2. The van der Waals surface area contributed by atoms with Gasteiger partial charge in [-0.25, -0.2) is 8.78 Å². The Bertz CT molecular complexity index is 806. The van der Waals surface area contributed by atoms with E-state index in [1.54, 1.807) is 31.2 Å². The van der Waals surface area contributed by atoms with Gasteiger partial charge in [0.05, 0.1) is 0 Å². The Labute approximate surface area is 144 Å². The van der Waals surface area contributed by atoms with Gasteiger partial charge in [0.2, 0.25) is 11.8 Å². The standard InChI is InChI=1S/C19H18F2N2O2/c1-12-10-15(6-7-17(12)21)23-9-8-16(19(23)25)18(24)22-11-13-2-4-14(20)5-3-13/h2-7,10,16H,8-9,11H2,1H3,(H,22,24). The molecule has 6 heteroatoms. The van der Waals surface area contributed by atoms with Crippen molar-refractivity contribution in [1.82, 2.24) is 5.32 Å². The predicted octanol–water partition coefficient (Wildman–Crippen LogP) is 2.94. The van der Waals surface area contributed by atoms with Gasteiger partial charge in [0, 0.05) is 18.8 Å². The zero-order valence-electron chi connectivity index (χ0n) is 13.8. The van der Waals surface area contributed by atoms with Crippen LogP contribution in [-0.4, -0.2) is 18.4 Å². The van der Waals surface area contributed by atoms with Gasteiger partial charge in [-0.1, -0.05) is 12.1 Å². The molecule has 1 heterocycles. The summed E-state index contributed by atoms with van der Waals surface area (Å²) < 4.78 is 26.3. The average Bonchev–Trinajstić information content (AvgIpc) is 2.98. The molecule has 1 aliphatic rings. The van der Waals surface area contributed by atoms with Crippen molar-refractivity contribution in [1.29, 1.82) is 0 Å². The fourth-order valence-corrected chi connectivity index (χ4v) is 2.89. The summed E-state index contributed by atoms with van der Waals surface area (Å²) in [5, 5.41) is 2.71. The molecule has 2 aromatic rings. The number of nitrogens with one attached hydrogen (secondary N) is 1. The zero-order valence-corrected chi connectivity index (χ0v) is 13.8. The van der Waals surface area contributed by atoms with Crippen LogP contribution < -0.4 is 10.2 Å². The van der Waals surface area contributed by atoms with Gasteiger partial charge >= 0.3 is 0 Å². The molecule has 1 atom stereocenters. The fraction of sp³-hybridized carbons (Fsp3) is 0.263. The van der Waals surface area contributed by atoms with E-state index in [2.05, 4.69) is 5.32 Å². The van der Waals surface area contributed by atoms with E-state index in [0.29, 0.717) is 24.2 Å². The molecule has 1 N–H and O–H groups in total. The van der Waals surface area contributed by atoms with Gasteiger partial charge in [0.1, 0.15) is 17.6 Å². The third-order valence-corrected chi connectivity index (χ3v) is 4.36. The number of carbonyl (C=O) groups is 2. The average molecular weight is 344 g/mol. The van der Waals surface area contributed by atoms with Crippen molar-refractivity contribution in [3.8, 4) is 0 Å². The third kappa shape index (κ3) is 3.68. The molecule has 2 aromatic carbocycles. The molecule has 1 fully saturated rings. The van der Waals surface area contributed by atoms with Crippen LogP contribution in [0.1, 0.15) is 17.5 Å². The van der Waals surface area contributed by atoms with Crippen molar-refractivity contribution >= 4 is 17.5 Å². The van der Waals surface area contributed by atoms with Crippen molar-refractivity contribution in [2.24, 2.45) is 5.92 Å². The first-order valence-electron chi connectivity index (χ1n) is 8.05. The molecule has 1 aliphatic heterocycles. The molecule has 1 saturated heterocycles. The van der Waals surface area contributed by atoms with Crippen molar-refractivity contribution in [2.75, 3.05) is 11.4 Å². The third-order valence-electron chi connectivity index (χ3n) is 4.36. The van der Waals surface area contributed by atoms with E-state index in [4.69, 9.17) is 0 Å². The molecule has 0 radical (unpaired) electrons. The van der Waals surface area contributed by atoms with Crippen LogP contribution in [0.25, 0.3) is 0 Å². The highest BCUT2D eigenvalue weighted by Crippen LogP contribution is 2.27. The molecule has 0 aromatic heterocycles. The smallest absolute Gasteiger partial charge is 0.239 e. The molecule has 130 valence electrons. The van der Waals surface area contributed by atoms with Gasteiger partial charge in [0.25, 0.3) is 0 Å². The van der Waals surface area contributed by atoms with Crippen LogP contribution in [0.3, 0.4) is 0 Å². The normalized spacial score (nSPS) is 17.0. The van der Waals surface area contributed by atoms with Crippen LogP contribution in [0.5, 0.6) is 0 Å². The lowest BCUT2D eigenvalue weighted by atomic mass is 10.1. The Balaban J connectivity index is 1.63. The molecule has 0 bridgehead atoms. The summed E-state index contributed by atoms with van der Waals surface area (Å²) in [6.07, 6.45) is 0.407. The molecule has 25 heavy (non-hydrogen) atoms. The van der Waals surface area contributed by atoms with Crippen LogP contribution in [-0.2, 0) is 16.1 Å². The fourth-order valence-electron chi connectivity index (χ4n) is 2.89. The highest BCUT2D eigenvalue weighted by molar-refractivity contribution is 6.09. The first-order chi connectivity index (χ1) is 12.0. The number of hydrogen-bond donors (Lipinski definition) is 1. The van der Waals surface area contributed by atoms with E-state index >= 15 is 0 Å². The summed E-state index contributed by atoms with van der Waals surface area (Å²) in [6, 6.07) is 10.3. The first-order valence-corrected chi connectivity index (χ1v) is 8.05. The molecular formula is C19H18F2N2O2. The van der Waals surface area contributed by atoms with Crippen LogP contribution in [0, 0.1) is 24.5 Å². The van der Waals surface area contributed by atoms with Crippen LogP contribution in [0.2, 0.25) is 0 Å². The summed E-state index contributed by atoms with van der Waals surface area (Å²) in [7, 11) is 0. The second-order valence-electron chi connectivity index (χ2n) is 6.11. The van der Waals surface area contributed by atoms with E-state index in [1.165, 1.54) is 23.1 Å². The van der Waals surface area contributed by atoms with Crippen molar-refractivity contribution < 1.29 is 18.4 Å². The Kier molecular flexibility index (Phi) is 4.79. The minimum absolute atomic E-state index is 0.235. The number of hydrogen-bond acceptors (Lipinski definition) is 2. The van der Waals surface area contributed by atoms with E-state index in [0.717, 1.165) is 5.56 Å². The summed E-state index contributed by atoms with van der Waals surface area (Å²) in [6.45, 7) is 2.28. The summed E-state index contributed by atoms with van der Waals surface area (Å²) >= 11 is 0. The van der Waals surface area contributed by atoms with Crippen molar-refractivity contribution in [3.63, 3.8) is 0 Å². The minimum Gasteiger partial charge on any atom is -0.351 e. The maximum atomic E-state index is 13.4. The predicted molar refractivity (Wildman–Crippen MR) is 89.8 cm³/mol. The maximum Gasteiger partial charge on any atom is 0.239 e. The van der Waals surface area contributed by atoms with Crippen molar-refractivity contribution in [3.05, 3.63) is 65.2 Å². The van der Waals surface area contributed by atoms with Crippen LogP contribution in [0.15, 0.2) is 42.5 Å². The van der Waals surface area contributed by atoms with E-state index in [9.17, 15) is 18.4 Å². The minimum atomic E-state index is -0.759. The van der Waals surface area contributed by atoms with Gasteiger partial charge in [-0.2, -0.15) is 0 Å². The Morgan fingerprint density at radius 1 is 1.20 bits per heavy atom. The second-order valence-corrected chi connectivity index (χ2v) is 6.11. The monoisotopic (exact) mass is 344 g/mol. The Morgan fingerprint density at radius 2 is 1.92 bits per heavy atom. The molecule has 0 aliphatic carbocycles. The lowest BCUT2D eigenvalue weighted by Crippen LogP contribution is -2.36. The lowest BCUT2D eigenvalue weighted by molar-refractivity contribution is -0.132. The number of anilines is 1. The Hall–Kier alpha value is -2.76. The summed E-state index contributed by atoms with van der Waals surface area (Å²) in [5.74, 6) is -2.07. The summed E-state index contributed by atoms with van der Waals surface area (Å²) in [5.41, 5.74) is 1.80. The number of carbonyl (C=O) groups excluding carboxylic acids is 2. The first kappa shape index (κ1) is 17.1. The maximum absolute atomic E-state index is 13.4. The van der Waals surface area contributed by atoms with Gasteiger partial charge in [-0.05, 0) is 54.8 Å². The van der Waals surface area contributed by atoms with E-state index in [1.807, 2.05) is 0 Å². The highest BCUT2D eigenvalue weighted by atomic mass is 19.1. The van der Waals surface area contributed by atoms with Crippen LogP contribution >= 0.6 is 0 Å². The SMILES string of the molecule is Cc1cc(N2CCC(C(=O)NCc3ccc(F)cc3)C2=O)ccc1F. The van der Waals surface area contributed by atoms with E-state index in [-0.39, 0.29) is 30.0 Å². The van der Waals surface area contributed by atoms with Crippen LogP contribution in [0.4, 0.5) is 14.5 Å². The van der Waals surface area contributed by atoms with Gasteiger partial charge in [0.15, 0.2) is 0 Å². The van der Waals surface area contributed by atoms with Gasteiger partial charge in [-0.15, -0.1) is 0 Å². The number of benzene rings is 2. The molecule has 4 nitrogen and oxygen atoms in total. The number of aryl methyl sites for hydroxylation is 1. The van der Waals surface area contributed by atoms with Gasteiger partial charge < -0.3 is 10.2 Å². The molecule has 3 rings (SSSR count). The zero-order chi connectivity index (χ0) is 18.0. The number of halogens is 2. The Morgan fingerprint density at radius 3 is 2.60 bits per heavy atom. The molecule has 0 spiro atoms. The molecule has 0 saturated carbocycles. The highest BCUT2D eigenvalue weighted by Gasteiger charge is 2.37. The van der Waals surface area contributed by atoms with E-state index < -0.39 is 5.92 Å². The summed E-state index contributed by atoms with van der Waals surface area (Å²) in [4.78, 5) is 26.3. The largest absolute Gasteiger partial charge is 0.351 e.